The molecule has 0 bridgehead atoms. The summed E-state index contributed by atoms with van der Waals surface area (Å²) in [4.78, 5) is 21.2. The average Bonchev–Trinajstić information content (AvgIpc) is 3.32. The molecule has 5 rings (SSSR count). The quantitative estimate of drug-likeness (QED) is 0.494. The minimum atomic E-state index is -0.949. The van der Waals surface area contributed by atoms with Gasteiger partial charge in [-0.2, -0.15) is 0 Å². The Labute approximate surface area is 187 Å². The number of nitrogens with zero attached hydrogens (tertiary/aromatic N) is 2. The zero-order valence-corrected chi connectivity index (χ0v) is 17.6. The number of nitrogens with two attached hydrogens (primary N) is 1. The van der Waals surface area contributed by atoms with E-state index in [1.165, 1.54) is 0 Å². The van der Waals surface area contributed by atoms with Crippen LogP contribution in [0, 0.1) is 0 Å². The van der Waals surface area contributed by atoms with Gasteiger partial charge in [-0.1, -0.05) is 48.5 Å². The first-order chi connectivity index (χ1) is 15.7. The number of carbonyl (C=O) groups excluding carboxylic acids is 1. The number of hydrogen-bond acceptors (Lipinski definition) is 4. The number of aromatic nitrogens is 2. The molecule has 0 spiro atoms. The highest BCUT2D eigenvalue weighted by atomic mass is 16.1. The maximum atomic E-state index is 13.0. The molecular formula is C27H24N4O. The highest BCUT2D eigenvalue weighted by Gasteiger charge is 2.46. The molecule has 4 aromatic rings. The van der Waals surface area contributed by atoms with Crippen molar-refractivity contribution in [2.24, 2.45) is 5.73 Å². The van der Waals surface area contributed by atoms with E-state index in [-0.39, 0.29) is 11.9 Å². The van der Waals surface area contributed by atoms with Gasteiger partial charge in [0.25, 0.3) is 0 Å². The molecule has 32 heavy (non-hydrogen) atoms. The van der Waals surface area contributed by atoms with Crippen LogP contribution >= 0.6 is 0 Å². The summed E-state index contributed by atoms with van der Waals surface area (Å²) in [6.07, 6.45) is 8.55. The highest BCUT2D eigenvalue weighted by Crippen LogP contribution is 2.44. The van der Waals surface area contributed by atoms with Gasteiger partial charge in [-0.15, -0.1) is 0 Å². The summed E-state index contributed by atoms with van der Waals surface area (Å²) in [5.41, 5.74) is 11.4. The van der Waals surface area contributed by atoms with Gasteiger partial charge >= 0.3 is 0 Å². The molecule has 0 aliphatic carbocycles. The third-order valence-electron chi connectivity index (χ3n) is 6.35. The van der Waals surface area contributed by atoms with Crippen molar-refractivity contribution < 1.29 is 4.79 Å². The first-order valence-electron chi connectivity index (χ1n) is 10.8. The van der Waals surface area contributed by atoms with E-state index in [0.29, 0.717) is 6.42 Å². The lowest BCUT2D eigenvalue weighted by atomic mass is 9.82. The summed E-state index contributed by atoms with van der Waals surface area (Å²) in [5, 5.41) is 3.65. The zero-order valence-electron chi connectivity index (χ0n) is 17.6. The smallest absolute Gasteiger partial charge is 0.242 e. The molecule has 3 N–H and O–H groups in total. The van der Waals surface area contributed by atoms with Crippen LogP contribution in [0.25, 0.3) is 22.3 Å². The predicted octanol–water partition coefficient (Wildman–Crippen LogP) is 4.62. The van der Waals surface area contributed by atoms with Crippen LogP contribution in [0.4, 0.5) is 0 Å². The molecule has 0 saturated carbocycles. The maximum absolute atomic E-state index is 13.0. The molecule has 1 amide bonds. The number of benzene rings is 2. The van der Waals surface area contributed by atoms with E-state index in [1.54, 1.807) is 24.8 Å². The number of pyridine rings is 2. The predicted molar refractivity (Wildman–Crippen MR) is 125 cm³/mol. The Hall–Kier alpha value is -3.83. The molecule has 1 fully saturated rings. The minimum absolute atomic E-state index is 0.00244. The second-order valence-electron chi connectivity index (χ2n) is 8.11. The number of hydrogen-bond donors (Lipinski definition) is 2. The largest absolute Gasteiger partial charge is 0.368 e. The van der Waals surface area contributed by atoms with Crippen molar-refractivity contribution in [2.45, 2.75) is 24.4 Å². The van der Waals surface area contributed by atoms with Crippen molar-refractivity contribution >= 4 is 5.91 Å². The number of rotatable bonds is 5. The van der Waals surface area contributed by atoms with Gasteiger partial charge in [0.15, 0.2) is 0 Å². The molecular weight excluding hydrogens is 396 g/mol. The SMILES string of the molecule is NC(=O)C1(c2ccccc2-c2ccncc2)CCC(c2ccccc2-c2ccncc2)N1. The van der Waals surface area contributed by atoms with E-state index in [9.17, 15) is 4.79 Å². The number of amides is 1. The van der Waals surface area contributed by atoms with Gasteiger partial charge in [0.1, 0.15) is 5.54 Å². The lowest BCUT2D eigenvalue weighted by molar-refractivity contribution is -0.124. The Balaban J connectivity index is 1.58. The summed E-state index contributed by atoms with van der Waals surface area (Å²) in [6.45, 7) is 0. The fourth-order valence-corrected chi connectivity index (χ4v) is 4.81. The van der Waals surface area contributed by atoms with Crippen LogP contribution < -0.4 is 11.1 Å². The first kappa shape index (κ1) is 20.1. The topological polar surface area (TPSA) is 80.9 Å². The average molecular weight is 421 g/mol. The Morgan fingerprint density at radius 3 is 2.03 bits per heavy atom. The van der Waals surface area contributed by atoms with Gasteiger partial charge in [-0.3, -0.25) is 20.1 Å². The number of primary amides is 1. The van der Waals surface area contributed by atoms with Gasteiger partial charge < -0.3 is 5.73 Å². The van der Waals surface area contributed by atoms with E-state index < -0.39 is 5.54 Å². The van der Waals surface area contributed by atoms with Crippen molar-refractivity contribution in [3.8, 4) is 22.3 Å². The Morgan fingerprint density at radius 2 is 1.38 bits per heavy atom. The van der Waals surface area contributed by atoms with E-state index in [1.807, 2.05) is 60.7 Å². The molecule has 2 aromatic heterocycles. The second kappa shape index (κ2) is 8.36. The van der Waals surface area contributed by atoms with Crippen molar-refractivity contribution in [1.82, 2.24) is 15.3 Å². The Kier molecular flexibility index (Phi) is 5.25. The normalized spacial score (nSPS) is 20.2. The van der Waals surface area contributed by atoms with Gasteiger partial charge in [0.05, 0.1) is 0 Å². The second-order valence-corrected chi connectivity index (χ2v) is 8.11. The van der Waals surface area contributed by atoms with Crippen LogP contribution in [0.3, 0.4) is 0 Å². The Morgan fingerprint density at radius 1 is 0.812 bits per heavy atom. The summed E-state index contributed by atoms with van der Waals surface area (Å²) in [7, 11) is 0. The maximum Gasteiger partial charge on any atom is 0.242 e. The van der Waals surface area contributed by atoms with Crippen LogP contribution in [0.2, 0.25) is 0 Å². The van der Waals surface area contributed by atoms with Crippen LogP contribution in [0.5, 0.6) is 0 Å². The van der Waals surface area contributed by atoms with E-state index in [0.717, 1.165) is 39.8 Å². The molecule has 1 aliphatic heterocycles. The zero-order chi connectivity index (χ0) is 22.0. The molecule has 158 valence electrons. The lowest BCUT2D eigenvalue weighted by Crippen LogP contribution is -2.49. The standard InChI is InChI=1S/C27H24N4O/c28-26(32)27(24-8-4-3-6-22(24)20-12-17-30-18-13-20)14-9-25(31-27)23-7-2-1-5-21(23)19-10-15-29-16-11-19/h1-8,10-13,15-18,25,31H,9,14H2,(H2,28,32). The fraction of sp³-hybridized carbons (Fsp3) is 0.148. The van der Waals surface area contributed by atoms with E-state index >= 15 is 0 Å². The van der Waals surface area contributed by atoms with Crippen LogP contribution in [-0.2, 0) is 10.3 Å². The molecule has 5 heteroatoms. The summed E-state index contributed by atoms with van der Waals surface area (Å²) in [5.74, 6) is -0.358. The third kappa shape index (κ3) is 3.47. The van der Waals surface area contributed by atoms with Crippen LogP contribution in [0.1, 0.15) is 30.0 Å². The van der Waals surface area contributed by atoms with E-state index in [2.05, 4.69) is 27.4 Å². The molecule has 2 atom stereocenters. The molecule has 0 radical (unpaired) electrons. The Bertz CT molecular complexity index is 1240. The van der Waals surface area contributed by atoms with Crippen molar-refractivity contribution in [3.63, 3.8) is 0 Å². The van der Waals surface area contributed by atoms with Gasteiger partial charge in [-0.25, -0.2) is 0 Å². The number of carbonyl (C=O) groups is 1. The molecule has 1 saturated heterocycles. The highest BCUT2D eigenvalue weighted by molar-refractivity contribution is 5.90. The summed E-state index contributed by atoms with van der Waals surface area (Å²) < 4.78 is 0. The lowest BCUT2D eigenvalue weighted by Gasteiger charge is -2.30. The molecule has 2 unspecified atom stereocenters. The molecule has 2 aromatic carbocycles. The molecule has 3 heterocycles. The van der Waals surface area contributed by atoms with Crippen molar-refractivity contribution in [3.05, 3.63) is 109 Å². The van der Waals surface area contributed by atoms with Crippen molar-refractivity contribution in [1.29, 1.82) is 0 Å². The minimum Gasteiger partial charge on any atom is -0.368 e. The van der Waals surface area contributed by atoms with Gasteiger partial charge in [0, 0.05) is 30.8 Å². The van der Waals surface area contributed by atoms with E-state index in [4.69, 9.17) is 5.73 Å². The third-order valence-corrected chi connectivity index (χ3v) is 6.35. The van der Waals surface area contributed by atoms with Crippen molar-refractivity contribution in [2.75, 3.05) is 0 Å². The van der Waals surface area contributed by atoms with Crippen LogP contribution in [-0.4, -0.2) is 15.9 Å². The summed E-state index contributed by atoms with van der Waals surface area (Å²) in [6, 6.07) is 24.2. The molecule has 1 aliphatic rings. The van der Waals surface area contributed by atoms with Gasteiger partial charge in [-0.05, 0) is 70.5 Å². The van der Waals surface area contributed by atoms with Gasteiger partial charge in [0.2, 0.25) is 5.91 Å². The summed E-state index contributed by atoms with van der Waals surface area (Å²) >= 11 is 0. The van der Waals surface area contributed by atoms with Crippen LogP contribution in [0.15, 0.2) is 97.6 Å². The monoisotopic (exact) mass is 420 g/mol. The first-order valence-corrected chi connectivity index (χ1v) is 10.8. The molecule has 5 nitrogen and oxygen atoms in total. The number of nitrogens with one attached hydrogen (secondary N) is 1. The fourth-order valence-electron chi connectivity index (χ4n) is 4.81.